The number of aromatic amines is 1. The molecule has 1 N–H and O–H groups in total. The van der Waals surface area contributed by atoms with Gasteiger partial charge in [0.2, 0.25) is 0 Å². The van der Waals surface area contributed by atoms with Crippen molar-refractivity contribution in [2.75, 3.05) is 6.54 Å². The van der Waals surface area contributed by atoms with Crippen LogP contribution in [0, 0.1) is 6.92 Å². The molecule has 0 aromatic carbocycles. The van der Waals surface area contributed by atoms with Gasteiger partial charge in [-0.2, -0.15) is 0 Å². The molecule has 2 rings (SSSR count). The quantitative estimate of drug-likeness (QED) is 0.671. The van der Waals surface area contributed by atoms with Gasteiger partial charge < -0.3 is 4.98 Å². The van der Waals surface area contributed by atoms with Crippen LogP contribution >= 0.6 is 9.39 Å². The molecule has 3 nitrogen and oxygen atoms in total. The highest BCUT2D eigenvalue weighted by Crippen LogP contribution is 2.32. The van der Waals surface area contributed by atoms with Crippen molar-refractivity contribution in [2.45, 2.75) is 25.8 Å². The summed E-state index contributed by atoms with van der Waals surface area (Å²) in [5, 5.41) is 0. The van der Waals surface area contributed by atoms with Crippen molar-refractivity contribution in [3.8, 4) is 0 Å². The van der Waals surface area contributed by atoms with E-state index in [4.69, 9.17) is 0 Å². The molecule has 1 saturated heterocycles. The van der Waals surface area contributed by atoms with Crippen LogP contribution in [0.1, 0.15) is 30.4 Å². The first-order valence-corrected chi connectivity index (χ1v) is 4.82. The maximum atomic E-state index is 4.34. The maximum Gasteiger partial charge on any atom is 0.123 e. The molecule has 1 aromatic rings. The van der Waals surface area contributed by atoms with Crippen LogP contribution in [0.25, 0.3) is 0 Å². The number of nitrogens with one attached hydrogen (secondary N) is 1. The van der Waals surface area contributed by atoms with Crippen molar-refractivity contribution in [2.24, 2.45) is 0 Å². The van der Waals surface area contributed by atoms with Crippen LogP contribution in [-0.2, 0) is 0 Å². The molecule has 0 bridgehead atoms. The highest BCUT2D eigenvalue weighted by molar-refractivity contribution is 7.13. The molecule has 0 aliphatic carbocycles. The van der Waals surface area contributed by atoms with Crippen LogP contribution in [-0.4, -0.2) is 21.2 Å². The lowest BCUT2D eigenvalue weighted by molar-refractivity contribution is 0.433. The number of rotatable bonds is 1. The van der Waals surface area contributed by atoms with Gasteiger partial charge >= 0.3 is 0 Å². The second-order valence-corrected chi connectivity index (χ2v) is 4.01. The van der Waals surface area contributed by atoms with Gasteiger partial charge in [-0.3, -0.25) is 4.67 Å². The molecule has 1 aliphatic rings. The Kier molecular flexibility index (Phi) is 2.16. The van der Waals surface area contributed by atoms with E-state index in [0.717, 1.165) is 18.1 Å². The molecule has 0 radical (unpaired) electrons. The average Bonchev–Trinajstić information content (AvgIpc) is 2.58. The molecular formula is C8H14N3P. The number of nitrogens with zero attached hydrogens (tertiary/aromatic N) is 2. The van der Waals surface area contributed by atoms with E-state index in [-0.39, 0.29) is 0 Å². The van der Waals surface area contributed by atoms with Gasteiger partial charge in [-0.1, -0.05) is 9.39 Å². The van der Waals surface area contributed by atoms with Crippen LogP contribution in [0.4, 0.5) is 0 Å². The standard InChI is InChI=1S/C8H14N3P/c1-6-5-9-8(10-6)7-3-2-4-11(7)12/h5,7H,2-4,12H2,1H3,(H,9,10)/t7-/m0/s1. The minimum Gasteiger partial charge on any atom is -0.345 e. The maximum absolute atomic E-state index is 4.34. The lowest BCUT2D eigenvalue weighted by Crippen LogP contribution is -2.12. The summed E-state index contributed by atoms with van der Waals surface area (Å²) in [7, 11) is 2.77. The van der Waals surface area contributed by atoms with Crippen molar-refractivity contribution < 1.29 is 0 Å². The van der Waals surface area contributed by atoms with E-state index in [1.807, 2.05) is 13.1 Å². The Morgan fingerprint density at radius 3 is 3.08 bits per heavy atom. The Balaban J connectivity index is 2.19. The molecule has 2 heterocycles. The first-order chi connectivity index (χ1) is 5.77. The van der Waals surface area contributed by atoms with E-state index in [9.17, 15) is 0 Å². The fourth-order valence-electron chi connectivity index (χ4n) is 1.68. The van der Waals surface area contributed by atoms with Gasteiger partial charge in [0, 0.05) is 18.4 Å². The fourth-order valence-corrected chi connectivity index (χ4v) is 2.16. The predicted octanol–water partition coefficient (Wildman–Crippen LogP) is 1.65. The number of aromatic nitrogens is 2. The third kappa shape index (κ3) is 1.39. The zero-order valence-corrected chi connectivity index (χ0v) is 8.40. The zero-order chi connectivity index (χ0) is 8.55. The Labute approximate surface area is 74.8 Å². The highest BCUT2D eigenvalue weighted by atomic mass is 31.0. The molecule has 2 atom stereocenters. The summed E-state index contributed by atoms with van der Waals surface area (Å²) in [4.78, 5) is 7.62. The van der Waals surface area contributed by atoms with Crippen LogP contribution in [0.15, 0.2) is 6.20 Å². The highest BCUT2D eigenvalue weighted by Gasteiger charge is 2.24. The largest absolute Gasteiger partial charge is 0.345 e. The summed E-state index contributed by atoms with van der Waals surface area (Å²) < 4.78 is 2.28. The second-order valence-electron chi connectivity index (χ2n) is 3.35. The van der Waals surface area contributed by atoms with Crippen molar-refractivity contribution in [3.05, 3.63) is 17.7 Å². The minimum atomic E-state index is 0.490. The predicted molar refractivity (Wildman–Crippen MR) is 51.7 cm³/mol. The fraction of sp³-hybridized carbons (Fsp3) is 0.625. The van der Waals surface area contributed by atoms with Crippen molar-refractivity contribution in [1.29, 1.82) is 0 Å². The summed E-state index contributed by atoms with van der Waals surface area (Å²) >= 11 is 0. The van der Waals surface area contributed by atoms with Crippen molar-refractivity contribution in [3.63, 3.8) is 0 Å². The molecule has 0 spiro atoms. The van der Waals surface area contributed by atoms with Crippen molar-refractivity contribution >= 4 is 9.39 Å². The van der Waals surface area contributed by atoms with E-state index in [1.165, 1.54) is 12.8 Å². The van der Waals surface area contributed by atoms with Crippen LogP contribution < -0.4 is 0 Å². The molecular weight excluding hydrogens is 169 g/mol. The van der Waals surface area contributed by atoms with Gasteiger partial charge in [0.05, 0.1) is 6.04 Å². The minimum absolute atomic E-state index is 0.490. The zero-order valence-electron chi connectivity index (χ0n) is 7.25. The molecule has 4 heteroatoms. The summed E-state index contributed by atoms with van der Waals surface area (Å²) in [5.41, 5.74) is 1.15. The summed E-state index contributed by atoms with van der Waals surface area (Å²) in [6.45, 7) is 3.20. The summed E-state index contributed by atoms with van der Waals surface area (Å²) in [6.07, 6.45) is 4.39. The third-order valence-electron chi connectivity index (χ3n) is 2.33. The Morgan fingerprint density at radius 2 is 2.58 bits per heavy atom. The lowest BCUT2D eigenvalue weighted by atomic mass is 10.2. The molecule has 1 aromatic heterocycles. The van der Waals surface area contributed by atoms with Gasteiger partial charge in [-0.15, -0.1) is 0 Å². The van der Waals surface area contributed by atoms with Gasteiger partial charge in [-0.05, 0) is 19.8 Å². The molecule has 1 fully saturated rings. The molecule has 0 saturated carbocycles. The van der Waals surface area contributed by atoms with E-state index in [2.05, 4.69) is 24.0 Å². The first kappa shape index (κ1) is 8.21. The van der Waals surface area contributed by atoms with Crippen LogP contribution in [0.5, 0.6) is 0 Å². The van der Waals surface area contributed by atoms with Gasteiger partial charge in [0.25, 0.3) is 0 Å². The van der Waals surface area contributed by atoms with E-state index in [1.54, 1.807) is 0 Å². The number of imidazole rings is 1. The molecule has 12 heavy (non-hydrogen) atoms. The SMILES string of the molecule is Cc1cnc([C@@H]2CCCN2P)[nH]1. The number of H-pyrrole nitrogens is 1. The number of hydrogen-bond donors (Lipinski definition) is 1. The Hall–Kier alpha value is -0.400. The number of hydrogen-bond acceptors (Lipinski definition) is 2. The molecule has 1 unspecified atom stereocenters. The third-order valence-corrected chi connectivity index (χ3v) is 2.95. The smallest absolute Gasteiger partial charge is 0.123 e. The van der Waals surface area contributed by atoms with Gasteiger partial charge in [-0.25, -0.2) is 4.98 Å². The molecule has 1 aliphatic heterocycles. The number of aryl methyl sites for hydroxylation is 1. The topological polar surface area (TPSA) is 31.9 Å². The molecule has 66 valence electrons. The first-order valence-electron chi connectivity index (χ1n) is 4.30. The Morgan fingerprint density at radius 1 is 1.75 bits per heavy atom. The second kappa shape index (κ2) is 3.15. The van der Waals surface area contributed by atoms with E-state index >= 15 is 0 Å². The average molecular weight is 183 g/mol. The van der Waals surface area contributed by atoms with E-state index in [0.29, 0.717) is 6.04 Å². The molecule has 0 amide bonds. The van der Waals surface area contributed by atoms with Gasteiger partial charge in [0.15, 0.2) is 0 Å². The van der Waals surface area contributed by atoms with Crippen LogP contribution in [0.2, 0.25) is 0 Å². The van der Waals surface area contributed by atoms with E-state index < -0.39 is 0 Å². The summed E-state index contributed by atoms with van der Waals surface area (Å²) in [6, 6.07) is 0.490. The normalized spacial score (nSPS) is 25.0. The van der Waals surface area contributed by atoms with Crippen molar-refractivity contribution in [1.82, 2.24) is 14.6 Å². The summed E-state index contributed by atoms with van der Waals surface area (Å²) in [5.74, 6) is 1.11. The lowest BCUT2D eigenvalue weighted by Gasteiger charge is -2.15. The monoisotopic (exact) mass is 183 g/mol. The van der Waals surface area contributed by atoms with Crippen LogP contribution in [0.3, 0.4) is 0 Å². The van der Waals surface area contributed by atoms with Gasteiger partial charge in [0.1, 0.15) is 5.82 Å². The Bertz CT molecular complexity index is 271.